The monoisotopic (exact) mass is 252 g/mol. The first-order valence-corrected chi connectivity index (χ1v) is 6.05. The molecule has 0 aliphatic rings. The van der Waals surface area contributed by atoms with E-state index in [2.05, 4.69) is 0 Å². The van der Waals surface area contributed by atoms with Crippen LogP contribution in [0.2, 0.25) is 0 Å². The summed E-state index contributed by atoms with van der Waals surface area (Å²) in [4.78, 5) is 11.1. The Balaban J connectivity index is 3.11. The molecule has 0 fully saturated rings. The fraction of sp³-hybridized carbons (Fsp3) is 0.500. The second-order valence-electron chi connectivity index (χ2n) is 4.51. The molecule has 0 saturated heterocycles. The lowest BCUT2D eigenvalue weighted by atomic mass is 10.2. The van der Waals surface area contributed by atoms with E-state index in [0.717, 1.165) is 0 Å². The Morgan fingerprint density at radius 3 is 2.06 bits per heavy atom. The summed E-state index contributed by atoms with van der Waals surface area (Å²) in [5.74, 6) is 1.05. The summed E-state index contributed by atoms with van der Waals surface area (Å²) in [6, 6.07) is 5.25. The van der Waals surface area contributed by atoms with Gasteiger partial charge in [0.25, 0.3) is 0 Å². The van der Waals surface area contributed by atoms with Crippen LogP contribution < -0.4 is 14.2 Å². The molecule has 18 heavy (non-hydrogen) atoms. The largest absolute Gasteiger partial charge is 0.487 e. The zero-order valence-electron chi connectivity index (χ0n) is 11.5. The van der Waals surface area contributed by atoms with Crippen LogP contribution in [0.3, 0.4) is 0 Å². The van der Waals surface area contributed by atoms with Crippen LogP contribution in [0, 0.1) is 0 Å². The Hall–Kier alpha value is -1.71. The molecule has 0 aromatic heterocycles. The molecule has 0 unspecified atom stereocenters. The van der Waals surface area contributed by atoms with E-state index < -0.39 is 0 Å². The Bertz CT molecular complexity index is 410. The van der Waals surface area contributed by atoms with Crippen molar-refractivity contribution in [3.63, 3.8) is 0 Å². The fourth-order valence-electron chi connectivity index (χ4n) is 1.43. The van der Waals surface area contributed by atoms with Crippen molar-refractivity contribution in [2.24, 2.45) is 0 Å². The topological polar surface area (TPSA) is 44.8 Å². The third kappa shape index (κ3) is 4.28. The first kappa shape index (κ1) is 14.4. The van der Waals surface area contributed by atoms with Crippen molar-refractivity contribution in [2.75, 3.05) is 0 Å². The molecule has 0 heterocycles. The second-order valence-corrected chi connectivity index (χ2v) is 4.51. The van der Waals surface area contributed by atoms with Crippen molar-refractivity contribution in [1.29, 1.82) is 0 Å². The molecule has 0 bridgehead atoms. The Morgan fingerprint density at radius 2 is 1.56 bits per heavy atom. The average molecular weight is 252 g/mol. The maximum absolute atomic E-state index is 11.1. The predicted octanol–water partition coefficient (Wildman–Crippen LogP) is 3.19. The number of rotatable bonds is 5. The van der Waals surface area contributed by atoms with Crippen LogP contribution in [0.5, 0.6) is 17.2 Å². The molecule has 0 saturated carbocycles. The molecule has 1 aromatic carbocycles. The fourth-order valence-corrected chi connectivity index (χ4v) is 1.43. The normalized spacial score (nSPS) is 10.6. The minimum absolute atomic E-state index is 0.0205. The lowest BCUT2D eigenvalue weighted by Gasteiger charge is -2.19. The van der Waals surface area contributed by atoms with Crippen LogP contribution in [-0.4, -0.2) is 18.2 Å². The van der Waals surface area contributed by atoms with Gasteiger partial charge in [0.15, 0.2) is 11.5 Å². The van der Waals surface area contributed by atoms with Crippen molar-refractivity contribution in [3.05, 3.63) is 18.2 Å². The highest BCUT2D eigenvalue weighted by molar-refractivity contribution is 5.71. The summed E-state index contributed by atoms with van der Waals surface area (Å²) in [6.45, 7) is 9.03. The molecule has 100 valence electrons. The van der Waals surface area contributed by atoms with Crippen molar-refractivity contribution in [3.8, 4) is 17.2 Å². The van der Waals surface area contributed by atoms with Gasteiger partial charge in [-0.15, -0.1) is 0 Å². The summed E-state index contributed by atoms with van der Waals surface area (Å²) >= 11 is 0. The van der Waals surface area contributed by atoms with Crippen LogP contribution in [-0.2, 0) is 4.79 Å². The molecule has 0 atom stereocenters. The zero-order chi connectivity index (χ0) is 13.7. The van der Waals surface area contributed by atoms with Gasteiger partial charge in [0.05, 0.1) is 12.2 Å². The first-order valence-electron chi connectivity index (χ1n) is 6.05. The molecule has 0 radical (unpaired) electrons. The summed E-state index contributed by atoms with van der Waals surface area (Å²) in [5.41, 5.74) is 0. The van der Waals surface area contributed by atoms with Crippen LogP contribution in [0.25, 0.3) is 0 Å². The van der Waals surface area contributed by atoms with Gasteiger partial charge in [0, 0.05) is 6.92 Å². The third-order valence-electron chi connectivity index (χ3n) is 1.91. The highest BCUT2D eigenvalue weighted by Crippen LogP contribution is 2.38. The molecule has 0 aliphatic heterocycles. The van der Waals surface area contributed by atoms with Crippen molar-refractivity contribution >= 4 is 5.97 Å². The van der Waals surface area contributed by atoms with E-state index in [1.54, 1.807) is 18.2 Å². The standard InChI is InChI=1S/C14H20O4/c1-9(2)16-12-7-6-8-13(18-11(5)15)14(12)17-10(3)4/h6-10H,1-5H3. The SMILES string of the molecule is CC(=O)Oc1cccc(OC(C)C)c1OC(C)C. The molecular weight excluding hydrogens is 232 g/mol. The minimum Gasteiger partial charge on any atom is -0.487 e. The number of ether oxygens (including phenoxy) is 3. The highest BCUT2D eigenvalue weighted by atomic mass is 16.6. The number of carbonyl (C=O) groups is 1. The van der Waals surface area contributed by atoms with Gasteiger partial charge in [-0.2, -0.15) is 0 Å². The quantitative estimate of drug-likeness (QED) is 0.596. The van der Waals surface area contributed by atoms with Crippen LogP contribution in [0.15, 0.2) is 18.2 Å². The third-order valence-corrected chi connectivity index (χ3v) is 1.91. The highest BCUT2D eigenvalue weighted by Gasteiger charge is 2.16. The van der Waals surface area contributed by atoms with E-state index in [1.165, 1.54) is 6.92 Å². The molecule has 0 aliphatic carbocycles. The molecule has 1 rings (SSSR count). The molecule has 0 N–H and O–H groups in total. The molecule has 0 amide bonds. The van der Waals surface area contributed by atoms with E-state index >= 15 is 0 Å². The van der Waals surface area contributed by atoms with Gasteiger partial charge in [-0.25, -0.2) is 0 Å². The van der Waals surface area contributed by atoms with Gasteiger partial charge in [-0.3, -0.25) is 4.79 Å². The summed E-state index contributed by atoms with van der Waals surface area (Å²) in [6.07, 6.45) is -0.0108. The first-order chi connectivity index (χ1) is 8.40. The van der Waals surface area contributed by atoms with Crippen LogP contribution >= 0.6 is 0 Å². The summed E-state index contributed by atoms with van der Waals surface area (Å²) in [5, 5.41) is 0. The minimum atomic E-state index is -0.384. The van der Waals surface area contributed by atoms with Gasteiger partial charge < -0.3 is 14.2 Å². The van der Waals surface area contributed by atoms with E-state index in [1.807, 2.05) is 27.7 Å². The van der Waals surface area contributed by atoms with E-state index in [0.29, 0.717) is 17.2 Å². The predicted molar refractivity (Wildman–Crippen MR) is 69.3 cm³/mol. The van der Waals surface area contributed by atoms with Gasteiger partial charge in [-0.05, 0) is 39.8 Å². The van der Waals surface area contributed by atoms with Crippen molar-refractivity contribution in [2.45, 2.75) is 46.8 Å². The average Bonchev–Trinajstić information content (AvgIpc) is 2.20. The van der Waals surface area contributed by atoms with Crippen molar-refractivity contribution < 1.29 is 19.0 Å². The number of hydrogen-bond donors (Lipinski definition) is 0. The summed E-state index contributed by atoms with van der Waals surface area (Å²) < 4.78 is 16.5. The Labute approximate surface area is 108 Å². The van der Waals surface area contributed by atoms with Gasteiger partial charge in [0.1, 0.15) is 0 Å². The van der Waals surface area contributed by atoms with E-state index in [-0.39, 0.29) is 18.2 Å². The Morgan fingerprint density at radius 1 is 1.00 bits per heavy atom. The van der Waals surface area contributed by atoms with Gasteiger partial charge in [-0.1, -0.05) is 6.07 Å². The van der Waals surface area contributed by atoms with E-state index in [9.17, 15) is 4.79 Å². The maximum Gasteiger partial charge on any atom is 0.308 e. The number of hydrogen-bond acceptors (Lipinski definition) is 4. The molecule has 4 nitrogen and oxygen atoms in total. The van der Waals surface area contributed by atoms with E-state index in [4.69, 9.17) is 14.2 Å². The van der Waals surface area contributed by atoms with Crippen LogP contribution in [0.1, 0.15) is 34.6 Å². The molecule has 4 heteroatoms. The number of esters is 1. The maximum atomic E-state index is 11.1. The van der Waals surface area contributed by atoms with Crippen molar-refractivity contribution in [1.82, 2.24) is 0 Å². The zero-order valence-corrected chi connectivity index (χ0v) is 11.5. The van der Waals surface area contributed by atoms with Gasteiger partial charge in [0.2, 0.25) is 5.75 Å². The summed E-state index contributed by atoms with van der Waals surface area (Å²) in [7, 11) is 0. The number of carbonyl (C=O) groups excluding carboxylic acids is 1. The van der Waals surface area contributed by atoms with Gasteiger partial charge >= 0.3 is 5.97 Å². The number of benzene rings is 1. The molecule has 1 aromatic rings. The second kappa shape index (κ2) is 6.28. The smallest absolute Gasteiger partial charge is 0.308 e. The van der Waals surface area contributed by atoms with Crippen LogP contribution in [0.4, 0.5) is 0 Å². The molecular formula is C14H20O4. The lowest BCUT2D eigenvalue weighted by Crippen LogP contribution is -2.12. The molecule has 0 spiro atoms. The lowest BCUT2D eigenvalue weighted by molar-refractivity contribution is -0.132. The Kier molecular flexibility index (Phi) is 5.01. The number of para-hydroxylation sites is 1.